The van der Waals surface area contributed by atoms with Crippen molar-refractivity contribution >= 4 is 49.8 Å². The summed E-state index contributed by atoms with van der Waals surface area (Å²) in [4.78, 5) is 32.9. The highest BCUT2D eigenvalue weighted by molar-refractivity contribution is 7.92. The number of likely N-dealkylation sites (tertiary alicyclic amines) is 1. The standard InChI is InChI=1S/C36H46FN7O5S/c1-5-34(45)44-11-6-7-28(44)25-15-29(43-18-23(19-43)31-21-49-13-14-50(31,46)47)26-17-39-33(16-24(26)35(25)22(2)3)40-32-8-10-38-36(41-32)42-12-9-30(48-4)27(37)20-42/h5,8,10,15-17,22-23,27-28,30-31H,1,6-7,9,11-14,18-21H2,2-4H3,(H,38,39,40,41)/t27-,28+,30+,31-/m0/s1. The van der Waals surface area contributed by atoms with Crippen molar-refractivity contribution in [3.8, 4) is 0 Å². The van der Waals surface area contributed by atoms with Crippen molar-refractivity contribution in [1.29, 1.82) is 0 Å². The van der Waals surface area contributed by atoms with Gasteiger partial charge in [0.2, 0.25) is 11.9 Å². The molecule has 268 valence electrons. The number of amides is 1. The second-order valence-electron chi connectivity index (χ2n) is 14.1. The predicted molar refractivity (Wildman–Crippen MR) is 192 cm³/mol. The molecule has 7 rings (SSSR count). The summed E-state index contributed by atoms with van der Waals surface area (Å²) in [5.41, 5.74) is 3.21. The van der Waals surface area contributed by atoms with Gasteiger partial charge in [-0.25, -0.2) is 22.8 Å². The number of anilines is 4. The maximum atomic E-state index is 14.7. The Labute approximate surface area is 293 Å². The van der Waals surface area contributed by atoms with Crippen LogP contribution in [-0.2, 0) is 24.1 Å². The Kier molecular flexibility index (Phi) is 9.70. The first-order valence-electron chi connectivity index (χ1n) is 17.5. The number of sulfone groups is 1. The zero-order chi connectivity index (χ0) is 35.2. The lowest BCUT2D eigenvalue weighted by Crippen LogP contribution is -2.57. The molecule has 4 aliphatic rings. The van der Waals surface area contributed by atoms with Crippen LogP contribution in [0.4, 0.5) is 27.7 Å². The highest BCUT2D eigenvalue weighted by Crippen LogP contribution is 2.45. The van der Waals surface area contributed by atoms with Crippen LogP contribution in [0.25, 0.3) is 10.8 Å². The lowest BCUT2D eigenvalue weighted by Gasteiger charge is -2.46. The number of rotatable bonds is 9. The Morgan fingerprint density at radius 2 is 1.94 bits per heavy atom. The second-order valence-corrected chi connectivity index (χ2v) is 16.4. The summed E-state index contributed by atoms with van der Waals surface area (Å²) in [6, 6.07) is 5.89. The number of nitrogens with one attached hydrogen (secondary N) is 1. The van der Waals surface area contributed by atoms with Gasteiger partial charge < -0.3 is 29.5 Å². The molecule has 1 N–H and O–H groups in total. The number of methoxy groups -OCH3 is 1. The molecule has 2 aromatic heterocycles. The highest BCUT2D eigenvalue weighted by atomic mass is 32.2. The van der Waals surface area contributed by atoms with Crippen molar-refractivity contribution in [3.05, 3.63) is 54.4 Å². The van der Waals surface area contributed by atoms with E-state index in [1.54, 1.807) is 12.3 Å². The van der Waals surface area contributed by atoms with Crippen LogP contribution in [0, 0.1) is 5.92 Å². The summed E-state index contributed by atoms with van der Waals surface area (Å²) in [5, 5.41) is 4.82. The Bertz CT molecular complexity index is 1870. The van der Waals surface area contributed by atoms with E-state index in [0.717, 1.165) is 40.4 Å². The van der Waals surface area contributed by atoms with E-state index < -0.39 is 27.4 Å². The van der Waals surface area contributed by atoms with Crippen LogP contribution < -0.4 is 15.1 Å². The van der Waals surface area contributed by atoms with E-state index in [0.29, 0.717) is 50.2 Å². The number of pyridine rings is 1. The van der Waals surface area contributed by atoms with Crippen LogP contribution in [0.5, 0.6) is 0 Å². The Balaban J connectivity index is 1.25. The van der Waals surface area contributed by atoms with Crippen LogP contribution in [0.3, 0.4) is 0 Å². The number of halogens is 1. The number of hydrogen-bond acceptors (Lipinski definition) is 11. The van der Waals surface area contributed by atoms with E-state index in [-0.39, 0.29) is 49.3 Å². The fourth-order valence-electron chi connectivity index (χ4n) is 8.10. The van der Waals surface area contributed by atoms with Gasteiger partial charge in [-0.05, 0) is 66.0 Å². The monoisotopic (exact) mass is 707 g/mol. The molecule has 0 aliphatic carbocycles. The van der Waals surface area contributed by atoms with Gasteiger partial charge >= 0.3 is 0 Å². The minimum absolute atomic E-state index is 0.0253. The molecule has 4 atom stereocenters. The van der Waals surface area contributed by atoms with E-state index in [1.165, 1.54) is 13.2 Å². The maximum absolute atomic E-state index is 14.7. The number of hydrogen-bond donors (Lipinski definition) is 1. The third-order valence-corrected chi connectivity index (χ3v) is 12.9. The highest BCUT2D eigenvalue weighted by Gasteiger charge is 2.43. The fourth-order valence-corrected chi connectivity index (χ4v) is 9.81. The summed E-state index contributed by atoms with van der Waals surface area (Å²) in [6.45, 7) is 11.2. The predicted octanol–water partition coefficient (Wildman–Crippen LogP) is 4.55. The zero-order valence-corrected chi connectivity index (χ0v) is 29.7. The molecule has 0 spiro atoms. The molecule has 0 saturated carbocycles. The molecular formula is C36H46FN7O5S. The first-order valence-corrected chi connectivity index (χ1v) is 19.2. The number of piperidine rings is 1. The zero-order valence-electron chi connectivity index (χ0n) is 28.9. The van der Waals surface area contributed by atoms with Gasteiger partial charge in [0.1, 0.15) is 17.8 Å². The molecule has 6 heterocycles. The van der Waals surface area contributed by atoms with E-state index >= 15 is 0 Å². The van der Waals surface area contributed by atoms with Crippen molar-refractivity contribution in [2.75, 3.05) is 73.9 Å². The van der Waals surface area contributed by atoms with Crippen molar-refractivity contribution < 1.29 is 27.1 Å². The van der Waals surface area contributed by atoms with Gasteiger partial charge in [-0.15, -0.1) is 0 Å². The first kappa shape index (κ1) is 34.6. The Hall–Kier alpha value is -3.88. The van der Waals surface area contributed by atoms with Crippen molar-refractivity contribution in [1.82, 2.24) is 19.9 Å². The van der Waals surface area contributed by atoms with Crippen molar-refractivity contribution in [2.24, 2.45) is 5.92 Å². The van der Waals surface area contributed by atoms with Crippen molar-refractivity contribution in [2.45, 2.75) is 62.6 Å². The summed E-state index contributed by atoms with van der Waals surface area (Å²) < 4.78 is 51.3. The Morgan fingerprint density at radius 1 is 1.12 bits per heavy atom. The number of carbonyl (C=O) groups excluding carboxylic acids is 1. The molecule has 4 saturated heterocycles. The molecule has 4 aliphatic heterocycles. The van der Waals surface area contributed by atoms with E-state index in [4.69, 9.17) is 19.4 Å². The molecule has 1 amide bonds. The van der Waals surface area contributed by atoms with Crippen LogP contribution in [-0.4, -0.2) is 111 Å². The van der Waals surface area contributed by atoms with Gasteiger partial charge in [0.15, 0.2) is 9.84 Å². The van der Waals surface area contributed by atoms with E-state index in [2.05, 4.69) is 41.7 Å². The number of aromatic nitrogens is 3. The number of fused-ring (bicyclic) bond motifs is 1. The van der Waals surface area contributed by atoms with Crippen LogP contribution in [0.15, 0.2) is 43.2 Å². The number of ether oxygens (including phenoxy) is 2. The number of alkyl halides is 1. The quantitative estimate of drug-likeness (QED) is 0.315. The normalized spacial score (nSPS) is 25.6. The SMILES string of the molecule is C=CC(=O)N1CCC[C@@H]1c1cc(N2CC([C@@H]3COCCS3(=O)=O)C2)c2cnc(Nc3ccnc(N4CC[C@@H](OC)[C@@H](F)C4)n3)cc2c1C(C)C. The van der Waals surface area contributed by atoms with Gasteiger partial charge in [-0.1, -0.05) is 20.4 Å². The molecule has 0 bridgehead atoms. The van der Waals surface area contributed by atoms with E-state index in [1.807, 2.05) is 22.1 Å². The molecule has 14 heteroatoms. The molecular weight excluding hydrogens is 662 g/mol. The lowest BCUT2D eigenvalue weighted by atomic mass is 9.85. The number of nitrogens with zero attached hydrogens (tertiary/aromatic N) is 6. The number of carbonyl (C=O) groups is 1. The summed E-state index contributed by atoms with van der Waals surface area (Å²) >= 11 is 0. The third kappa shape index (κ3) is 6.53. The van der Waals surface area contributed by atoms with Crippen LogP contribution in [0.1, 0.15) is 56.2 Å². The lowest BCUT2D eigenvalue weighted by molar-refractivity contribution is -0.126. The van der Waals surface area contributed by atoms with Gasteiger partial charge in [0.25, 0.3) is 0 Å². The summed E-state index contributed by atoms with van der Waals surface area (Å²) in [5.74, 6) is 1.64. The first-order chi connectivity index (χ1) is 24.1. The summed E-state index contributed by atoms with van der Waals surface area (Å²) in [6.07, 6.45) is 5.63. The third-order valence-electron chi connectivity index (χ3n) is 10.7. The topological polar surface area (TPSA) is 130 Å². The van der Waals surface area contributed by atoms with Gasteiger partial charge in [0, 0.05) is 62.7 Å². The van der Waals surface area contributed by atoms with Crippen LogP contribution in [0.2, 0.25) is 0 Å². The molecule has 0 unspecified atom stereocenters. The average molecular weight is 708 g/mol. The van der Waals surface area contributed by atoms with Crippen LogP contribution >= 0.6 is 0 Å². The molecule has 4 fully saturated rings. The molecule has 1 aromatic carbocycles. The minimum atomic E-state index is -3.21. The molecule has 50 heavy (non-hydrogen) atoms. The molecule has 0 radical (unpaired) electrons. The summed E-state index contributed by atoms with van der Waals surface area (Å²) in [7, 11) is -1.67. The average Bonchev–Trinajstić information content (AvgIpc) is 3.57. The smallest absolute Gasteiger partial charge is 0.246 e. The van der Waals surface area contributed by atoms with Gasteiger partial charge in [-0.3, -0.25) is 4.79 Å². The van der Waals surface area contributed by atoms with E-state index in [9.17, 15) is 17.6 Å². The largest absolute Gasteiger partial charge is 0.379 e. The maximum Gasteiger partial charge on any atom is 0.246 e. The minimum Gasteiger partial charge on any atom is -0.379 e. The fraction of sp³-hybridized carbons (Fsp3) is 0.556. The molecule has 3 aromatic rings. The Morgan fingerprint density at radius 3 is 2.66 bits per heavy atom. The van der Waals surface area contributed by atoms with Gasteiger partial charge in [-0.2, -0.15) is 4.98 Å². The second kappa shape index (κ2) is 14.0. The molecule has 12 nitrogen and oxygen atoms in total. The number of benzene rings is 1. The van der Waals surface area contributed by atoms with Gasteiger partial charge in [0.05, 0.1) is 42.9 Å². The van der Waals surface area contributed by atoms with Crippen molar-refractivity contribution in [3.63, 3.8) is 0 Å².